The maximum atomic E-state index is 12.1. The van der Waals surface area contributed by atoms with Crippen LogP contribution in [0.25, 0.3) is 0 Å². The second-order valence-corrected chi connectivity index (χ2v) is 6.20. The monoisotopic (exact) mass is 371 g/mol. The molecule has 1 atom stereocenters. The van der Waals surface area contributed by atoms with Crippen LogP contribution in [0.15, 0.2) is 48.5 Å². The van der Waals surface area contributed by atoms with Gasteiger partial charge in [-0.25, -0.2) is 0 Å². The predicted octanol–water partition coefficient (Wildman–Crippen LogP) is 0.126. The van der Waals surface area contributed by atoms with E-state index < -0.39 is 12.0 Å². The topological polar surface area (TPSA) is 107 Å². The SMILES string of the molecule is COc1ccccc1NCC[NH2+][C@H](CC(=O)Nc1ccc(C)cc1)C(=O)[O-]. The number of aryl methyl sites for hydroxylation is 1. The molecule has 0 heterocycles. The Morgan fingerprint density at radius 3 is 2.52 bits per heavy atom. The third-order valence-corrected chi connectivity index (χ3v) is 4.06. The Bertz CT molecular complexity index is 762. The van der Waals surface area contributed by atoms with Gasteiger partial charge in [-0.1, -0.05) is 29.8 Å². The largest absolute Gasteiger partial charge is 0.544 e. The van der Waals surface area contributed by atoms with E-state index in [4.69, 9.17) is 4.74 Å². The first-order valence-corrected chi connectivity index (χ1v) is 8.77. The number of carbonyl (C=O) groups excluding carboxylic acids is 2. The molecule has 0 bridgehead atoms. The average molecular weight is 371 g/mol. The molecule has 2 aromatic carbocycles. The number of rotatable bonds is 10. The first-order valence-electron chi connectivity index (χ1n) is 8.77. The van der Waals surface area contributed by atoms with Crippen molar-refractivity contribution in [3.8, 4) is 5.75 Å². The third-order valence-electron chi connectivity index (χ3n) is 4.06. The van der Waals surface area contributed by atoms with Gasteiger partial charge in [-0.3, -0.25) is 4.79 Å². The summed E-state index contributed by atoms with van der Waals surface area (Å²) >= 11 is 0. The zero-order valence-electron chi connectivity index (χ0n) is 15.5. The second kappa shape index (κ2) is 10.2. The van der Waals surface area contributed by atoms with E-state index in [1.807, 2.05) is 43.3 Å². The Labute approximate surface area is 158 Å². The summed E-state index contributed by atoms with van der Waals surface area (Å²) in [5, 5.41) is 18.8. The number of nitrogens with one attached hydrogen (secondary N) is 2. The van der Waals surface area contributed by atoms with Crippen LogP contribution in [-0.4, -0.2) is 38.1 Å². The molecule has 0 radical (unpaired) electrons. The van der Waals surface area contributed by atoms with Gasteiger partial charge < -0.3 is 30.6 Å². The number of methoxy groups -OCH3 is 1. The smallest absolute Gasteiger partial charge is 0.230 e. The highest BCUT2D eigenvalue weighted by molar-refractivity contribution is 5.93. The molecule has 0 fully saturated rings. The number of nitrogens with two attached hydrogens (primary N) is 1. The standard InChI is InChI=1S/C20H25N3O4/c1-14-7-9-15(10-8-14)23-19(24)13-17(20(25)26)22-12-11-21-16-5-3-4-6-18(16)27-2/h3-10,17,21-22H,11-13H2,1-2H3,(H,23,24)(H,25,26)/t17-/m1/s1. The Balaban J connectivity index is 1.80. The zero-order valence-corrected chi connectivity index (χ0v) is 15.5. The van der Waals surface area contributed by atoms with Gasteiger partial charge in [0.05, 0.1) is 38.3 Å². The fourth-order valence-corrected chi connectivity index (χ4v) is 2.59. The van der Waals surface area contributed by atoms with Crippen LogP contribution in [0.4, 0.5) is 11.4 Å². The third kappa shape index (κ3) is 6.63. The molecule has 0 aliphatic rings. The molecular formula is C20H25N3O4. The fourth-order valence-electron chi connectivity index (χ4n) is 2.59. The Morgan fingerprint density at radius 2 is 1.85 bits per heavy atom. The number of carbonyl (C=O) groups is 2. The zero-order chi connectivity index (χ0) is 19.6. The molecule has 0 aromatic heterocycles. The van der Waals surface area contributed by atoms with Crippen molar-refractivity contribution < 1.29 is 24.7 Å². The molecule has 0 unspecified atom stereocenters. The van der Waals surface area contributed by atoms with Gasteiger partial charge in [-0.2, -0.15) is 0 Å². The summed E-state index contributed by atoms with van der Waals surface area (Å²) in [6, 6.07) is 13.8. The Morgan fingerprint density at radius 1 is 1.15 bits per heavy atom. The number of amides is 1. The maximum Gasteiger partial charge on any atom is 0.230 e. The van der Waals surface area contributed by atoms with E-state index in [-0.39, 0.29) is 12.3 Å². The number of ether oxygens (including phenoxy) is 1. The lowest BCUT2D eigenvalue weighted by Gasteiger charge is -2.17. The average Bonchev–Trinajstić information content (AvgIpc) is 2.66. The van der Waals surface area contributed by atoms with Gasteiger partial charge in [0.25, 0.3) is 0 Å². The van der Waals surface area contributed by atoms with Crippen LogP contribution in [0.2, 0.25) is 0 Å². The molecule has 144 valence electrons. The highest BCUT2D eigenvalue weighted by Crippen LogP contribution is 2.22. The molecule has 0 spiro atoms. The van der Waals surface area contributed by atoms with Crippen LogP contribution in [0, 0.1) is 6.92 Å². The Hall–Kier alpha value is -3.06. The van der Waals surface area contributed by atoms with E-state index in [9.17, 15) is 14.7 Å². The minimum atomic E-state index is -1.26. The normalized spacial score (nSPS) is 11.5. The lowest BCUT2D eigenvalue weighted by Crippen LogP contribution is -2.94. The van der Waals surface area contributed by atoms with E-state index in [1.54, 1.807) is 24.6 Å². The van der Waals surface area contributed by atoms with E-state index in [2.05, 4.69) is 10.6 Å². The molecule has 0 aliphatic carbocycles. The quantitative estimate of drug-likeness (QED) is 0.515. The van der Waals surface area contributed by atoms with Crippen LogP contribution >= 0.6 is 0 Å². The minimum absolute atomic E-state index is 0.162. The number of carboxylic acid groups (broad SMARTS) is 1. The minimum Gasteiger partial charge on any atom is -0.544 e. The van der Waals surface area contributed by atoms with Crippen molar-refractivity contribution in [3.63, 3.8) is 0 Å². The molecule has 4 N–H and O–H groups in total. The molecule has 7 nitrogen and oxygen atoms in total. The first kappa shape index (κ1) is 20.3. The summed E-state index contributed by atoms with van der Waals surface area (Å²) < 4.78 is 5.25. The highest BCUT2D eigenvalue weighted by Gasteiger charge is 2.18. The summed E-state index contributed by atoms with van der Waals surface area (Å²) in [4.78, 5) is 23.4. The van der Waals surface area contributed by atoms with E-state index in [0.717, 1.165) is 11.3 Å². The van der Waals surface area contributed by atoms with E-state index in [0.29, 0.717) is 24.5 Å². The van der Waals surface area contributed by atoms with Gasteiger partial charge in [-0.05, 0) is 31.2 Å². The number of anilines is 2. The second-order valence-electron chi connectivity index (χ2n) is 6.20. The first-order chi connectivity index (χ1) is 13.0. The van der Waals surface area contributed by atoms with Crippen LogP contribution in [0.3, 0.4) is 0 Å². The molecule has 0 saturated carbocycles. The predicted molar refractivity (Wildman–Crippen MR) is 101 cm³/mol. The number of quaternary nitrogens is 1. The highest BCUT2D eigenvalue weighted by atomic mass is 16.5. The Kier molecular flexibility index (Phi) is 7.63. The summed E-state index contributed by atoms with van der Waals surface area (Å²) in [6.07, 6.45) is -0.162. The molecule has 2 aromatic rings. The summed E-state index contributed by atoms with van der Waals surface area (Å²) in [5.41, 5.74) is 2.55. The molecular weight excluding hydrogens is 346 g/mol. The number of para-hydroxylation sites is 2. The van der Waals surface area contributed by atoms with Crippen LogP contribution in [-0.2, 0) is 9.59 Å². The van der Waals surface area contributed by atoms with E-state index in [1.165, 1.54) is 0 Å². The van der Waals surface area contributed by atoms with Gasteiger partial charge in [0.15, 0.2) is 0 Å². The number of benzene rings is 2. The summed E-state index contributed by atoms with van der Waals surface area (Å²) in [5.74, 6) is -0.903. The maximum absolute atomic E-state index is 12.1. The molecule has 27 heavy (non-hydrogen) atoms. The van der Waals surface area contributed by atoms with Crippen molar-refractivity contribution in [2.24, 2.45) is 0 Å². The lowest BCUT2D eigenvalue weighted by molar-refractivity contribution is -0.680. The van der Waals surface area contributed by atoms with Crippen LogP contribution in [0.1, 0.15) is 12.0 Å². The molecule has 0 aliphatic heterocycles. The number of carboxylic acids is 1. The lowest BCUT2D eigenvalue weighted by atomic mass is 10.2. The number of hydrogen-bond donors (Lipinski definition) is 3. The summed E-state index contributed by atoms with van der Waals surface area (Å²) in [6.45, 7) is 2.93. The van der Waals surface area contributed by atoms with Crippen LogP contribution in [0.5, 0.6) is 5.75 Å². The molecule has 1 amide bonds. The van der Waals surface area contributed by atoms with Gasteiger partial charge in [0.1, 0.15) is 11.8 Å². The van der Waals surface area contributed by atoms with Crippen molar-refractivity contribution >= 4 is 23.3 Å². The summed E-state index contributed by atoms with van der Waals surface area (Å²) in [7, 11) is 1.59. The van der Waals surface area contributed by atoms with Gasteiger partial charge in [0, 0.05) is 5.69 Å². The van der Waals surface area contributed by atoms with Crippen molar-refractivity contribution in [3.05, 3.63) is 54.1 Å². The fraction of sp³-hybridized carbons (Fsp3) is 0.300. The van der Waals surface area contributed by atoms with Crippen molar-refractivity contribution in [1.29, 1.82) is 0 Å². The molecule has 0 saturated heterocycles. The van der Waals surface area contributed by atoms with Crippen LogP contribution < -0.4 is 25.8 Å². The molecule has 7 heteroatoms. The van der Waals surface area contributed by atoms with Crippen molar-refractivity contribution in [2.75, 3.05) is 30.8 Å². The van der Waals surface area contributed by atoms with Gasteiger partial charge >= 0.3 is 0 Å². The van der Waals surface area contributed by atoms with Gasteiger partial charge in [-0.15, -0.1) is 0 Å². The van der Waals surface area contributed by atoms with E-state index >= 15 is 0 Å². The number of aliphatic carboxylic acids is 1. The van der Waals surface area contributed by atoms with Crippen molar-refractivity contribution in [1.82, 2.24) is 0 Å². The van der Waals surface area contributed by atoms with Gasteiger partial charge in [0.2, 0.25) is 5.91 Å². The molecule has 2 rings (SSSR count). The van der Waals surface area contributed by atoms with Crippen molar-refractivity contribution in [2.45, 2.75) is 19.4 Å². The number of hydrogen-bond acceptors (Lipinski definition) is 5.